The van der Waals surface area contributed by atoms with E-state index in [0.717, 1.165) is 11.3 Å². The Morgan fingerprint density at radius 3 is 2.50 bits per heavy atom. The smallest absolute Gasteiger partial charge is 0.319 e. The quantitative estimate of drug-likeness (QED) is 0.498. The summed E-state index contributed by atoms with van der Waals surface area (Å²) in [6.07, 6.45) is -1.18. The van der Waals surface area contributed by atoms with E-state index in [9.17, 15) is 19.2 Å². The molecule has 1 heterocycles. The maximum atomic E-state index is 12.1. The van der Waals surface area contributed by atoms with Crippen molar-refractivity contribution in [1.82, 2.24) is 5.32 Å². The fraction of sp³-hybridized carbons (Fsp3) is 0.222. The molecule has 0 unspecified atom stereocenters. The molecule has 0 aliphatic heterocycles. The van der Waals surface area contributed by atoms with E-state index in [1.807, 2.05) is 6.07 Å². The molecule has 0 saturated carbocycles. The first kappa shape index (κ1) is 20.9. The van der Waals surface area contributed by atoms with E-state index in [4.69, 9.17) is 10.5 Å². The summed E-state index contributed by atoms with van der Waals surface area (Å²) in [5.74, 6) is -1.90. The Bertz CT molecular complexity index is 853. The van der Waals surface area contributed by atoms with Crippen molar-refractivity contribution >= 4 is 45.8 Å². The monoisotopic (exact) mass is 404 g/mol. The maximum absolute atomic E-state index is 12.1. The summed E-state index contributed by atoms with van der Waals surface area (Å²) in [7, 11) is 0. The number of carbonyl (C=O) groups is 4. The molecular weight excluding hydrogens is 384 g/mol. The lowest BCUT2D eigenvalue weighted by atomic mass is 10.3. The summed E-state index contributed by atoms with van der Waals surface area (Å²) in [5.41, 5.74) is 6.02. The van der Waals surface area contributed by atoms with Gasteiger partial charge in [-0.1, -0.05) is 18.2 Å². The predicted octanol–water partition coefficient (Wildman–Crippen LogP) is 1.93. The number of urea groups is 1. The molecule has 1 aromatic heterocycles. The lowest BCUT2D eigenvalue weighted by Gasteiger charge is -2.13. The van der Waals surface area contributed by atoms with E-state index < -0.39 is 29.9 Å². The van der Waals surface area contributed by atoms with Gasteiger partial charge >= 0.3 is 12.0 Å². The highest BCUT2D eigenvalue weighted by molar-refractivity contribution is 7.14. The minimum Gasteiger partial charge on any atom is -0.452 e. The van der Waals surface area contributed by atoms with Crippen LogP contribution < -0.4 is 21.7 Å². The normalized spacial score (nSPS) is 11.2. The Kier molecular flexibility index (Phi) is 7.52. The number of primary amides is 1. The largest absolute Gasteiger partial charge is 0.452 e. The fourth-order valence-corrected chi connectivity index (χ4v) is 2.89. The van der Waals surface area contributed by atoms with E-state index in [1.54, 1.807) is 29.6 Å². The summed E-state index contributed by atoms with van der Waals surface area (Å²) in [6.45, 7) is 1.45. The minimum atomic E-state index is -1.08. The minimum absolute atomic E-state index is 0.0442. The Morgan fingerprint density at radius 1 is 1.11 bits per heavy atom. The molecule has 4 amide bonds. The average molecular weight is 404 g/mol. The van der Waals surface area contributed by atoms with Crippen molar-refractivity contribution in [3.8, 4) is 0 Å². The molecule has 0 fully saturated rings. The van der Waals surface area contributed by atoms with Crippen LogP contribution in [0.2, 0.25) is 0 Å². The van der Waals surface area contributed by atoms with Gasteiger partial charge in [0.25, 0.3) is 11.8 Å². The van der Waals surface area contributed by atoms with Crippen LogP contribution in [0.1, 0.15) is 23.7 Å². The van der Waals surface area contributed by atoms with Crippen molar-refractivity contribution < 1.29 is 23.9 Å². The molecule has 9 nitrogen and oxygen atoms in total. The molecule has 0 aliphatic carbocycles. The van der Waals surface area contributed by atoms with Crippen molar-refractivity contribution in [2.45, 2.75) is 19.4 Å². The number of hydrogen-bond acceptors (Lipinski definition) is 6. The maximum Gasteiger partial charge on any atom is 0.319 e. The van der Waals surface area contributed by atoms with E-state index >= 15 is 0 Å². The van der Waals surface area contributed by atoms with Crippen LogP contribution in [0, 0.1) is 0 Å². The van der Waals surface area contributed by atoms with Crippen LogP contribution in [0.3, 0.4) is 0 Å². The van der Waals surface area contributed by atoms with Crippen LogP contribution in [0.25, 0.3) is 0 Å². The number of benzene rings is 1. The van der Waals surface area contributed by atoms with Gasteiger partial charge in [-0.25, -0.2) is 4.79 Å². The standard InChI is InChI=1S/C18H20N4O5S/c1-11(16(25)22-17-13(15(19)24)8-10-28-17)27-14(23)7-9-20-18(26)21-12-5-3-2-4-6-12/h2-6,8,10-11H,7,9H2,1H3,(H2,19,24)(H,22,25)(H2,20,21,26)/t11-/m1/s1. The molecule has 1 aromatic carbocycles. The van der Waals surface area contributed by atoms with Crippen molar-refractivity contribution in [2.24, 2.45) is 5.73 Å². The number of hydrogen-bond donors (Lipinski definition) is 4. The van der Waals surface area contributed by atoms with Crippen LogP contribution in [0.4, 0.5) is 15.5 Å². The number of ether oxygens (including phenoxy) is 1. The lowest BCUT2D eigenvalue weighted by Crippen LogP contribution is -2.33. The van der Waals surface area contributed by atoms with Gasteiger partial charge in [-0.15, -0.1) is 11.3 Å². The second kappa shape index (κ2) is 10.1. The van der Waals surface area contributed by atoms with E-state index in [2.05, 4.69) is 16.0 Å². The van der Waals surface area contributed by atoms with Crippen LogP contribution in [-0.2, 0) is 14.3 Å². The zero-order valence-electron chi connectivity index (χ0n) is 15.1. The molecular formula is C18H20N4O5S. The first-order valence-corrected chi connectivity index (χ1v) is 9.22. The Hall–Kier alpha value is -3.40. The highest BCUT2D eigenvalue weighted by Gasteiger charge is 2.20. The summed E-state index contributed by atoms with van der Waals surface area (Å²) in [6, 6.07) is 9.87. The second-order valence-electron chi connectivity index (χ2n) is 5.65. The van der Waals surface area contributed by atoms with Gasteiger partial charge in [0.2, 0.25) is 0 Å². The van der Waals surface area contributed by atoms with Gasteiger partial charge in [0.15, 0.2) is 6.10 Å². The number of carbonyl (C=O) groups excluding carboxylic acids is 4. The van der Waals surface area contributed by atoms with Crippen LogP contribution in [0.5, 0.6) is 0 Å². The Balaban J connectivity index is 1.71. The Morgan fingerprint density at radius 2 is 1.82 bits per heavy atom. The molecule has 0 saturated heterocycles. The van der Waals surface area contributed by atoms with E-state index in [-0.39, 0.29) is 18.5 Å². The SMILES string of the molecule is C[C@@H](OC(=O)CCNC(=O)Nc1ccccc1)C(=O)Nc1sccc1C(N)=O. The van der Waals surface area contributed by atoms with E-state index in [0.29, 0.717) is 10.7 Å². The fourth-order valence-electron chi connectivity index (χ4n) is 2.10. The summed E-state index contributed by atoms with van der Waals surface area (Å²) in [5, 5.41) is 9.53. The van der Waals surface area contributed by atoms with Crippen molar-refractivity contribution in [3.05, 3.63) is 47.3 Å². The highest BCUT2D eigenvalue weighted by atomic mass is 32.1. The molecule has 28 heavy (non-hydrogen) atoms. The van der Waals surface area contributed by atoms with Crippen molar-refractivity contribution in [3.63, 3.8) is 0 Å². The van der Waals surface area contributed by atoms with Gasteiger partial charge < -0.3 is 26.4 Å². The van der Waals surface area contributed by atoms with Gasteiger partial charge in [-0.2, -0.15) is 0 Å². The molecule has 0 bridgehead atoms. The first-order chi connectivity index (χ1) is 13.4. The average Bonchev–Trinajstić information content (AvgIpc) is 3.10. The van der Waals surface area contributed by atoms with Gasteiger partial charge in [-0.05, 0) is 30.5 Å². The molecule has 10 heteroatoms. The zero-order valence-corrected chi connectivity index (χ0v) is 15.9. The number of nitrogens with two attached hydrogens (primary N) is 1. The van der Waals surface area contributed by atoms with Crippen molar-refractivity contribution in [1.29, 1.82) is 0 Å². The number of para-hydroxylation sites is 1. The highest BCUT2D eigenvalue weighted by Crippen LogP contribution is 2.22. The number of anilines is 2. The van der Waals surface area contributed by atoms with Gasteiger partial charge in [0, 0.05) is 12.2 Å². The second-order valence-corrected chi connectivity index (χ2v) is 6.56. The zero-order chi connectivity index (χ0) is 20.5. The van der Waals surface area contributed by atoms with Crippen LogP contribution in [-0.4, -0.2) is 36.5 Å². The van der Waals surface area contributed by atoms with Crippen molar-refractivity contribution in [2.75, 3.05) is 17.2 Å². The number of esters is 1. The van der Waals surface area contributed by atoms with Gasteiger partial charge in [0.1, 0.15) is 5.00 Å². The molecule has 5 N–H and O–H groups in total. The molecule has 1 atom stereocenters. The molecule has 2 rings (SSSR count). The van der Waals surface area contributed by atoms with E-state index in [1.165, 1.54) is 13.0 Å². The number of amides is 4. The Labute approximate surface area is 165 Å². The number of thiophene rings is 1. The molecule has 148 valence electrons. The molecule has 0 radical (unpaired) electrons. The summed E-state index contributed by atoms with van der Waals surface area (Å²) < 4.78 is 5.03. The van der Waals surface area contributed by atoms with Gasteiger partial charge in [0.05, 0.1) is 12.0 Å². The first-order valence-electron chi connectivity index (χ1n) is 8.34. The molecule has 0 aliphatic rings. The third-order valence-corrected chi connectivity index (χ3v) is 4.32. The van der Waals surface area contributed by atoms with Crippen LogP contribution in [0.15, 0.2) is 41.8 Å². The predicted molar refractivity (Wildman–Crippen MR) is 105 cm³/mol. The third-order valence-electron chi connectivity index (χ3n) is 3.49. The lowest BCUT2D eigenvalue weighted by molar-refractivity contribution is -0.153. The topological polar surface area (TPSA) is 140 Å². The molecule has 0 spiro atoms. The summed E-state index contributed by atoms with van der Waals surface area (Å²) >= 11 is 1.13. The summed E-state index contributed by atoms with van der Waals surface area (Å²) in [4.78, 5) is 46.9. The third kappa shape index (κ3) is 6.40. The van der Waals surface area contributed by atoms with Gasteiger partial charge in [-0.3, -0.25) is 14.4 Å². The number of rotatable bonds is 8. The number of nitrogens with one attached hydrogen (secondary N) is 3. The van der Waals surface area contributed by atoms with Crippen LogP contribution >= 0.6 is 11.3 Å². The molecule has 2 aromatic rings.